The molecule has 2 heterocycles. The molecule has 0 saturated carbocycles. The largest absolute Gasteiger partial charge is 0.495 e. The Kier molecular flexibility index (Phi) is 6.36. The SMILES string of the molecule is COc1ccc(C(=O)Nc2ccc(N3CCOCC3)nc2)cc1S(=O)(=O)N(C)C. The number of ether oxygens (including phenoxy) is 2. The monoisotopic (exact) mass is 420 g/mol. The maximum absolute atomic E-state index is 12.6. The predicted molar refractivity (Wildman–Crippen MR) is 109 cm³/mol. The zero-order valence-corrected chi connectivity index (χ0v) is 17.4. The minimum Gasteiger partial charge on any atom is -0.495 e. The zero-order valence-electron chi connectivity index (χ0n) is 16.6. The number of carbonyl (C=O) groups is 1. The molecule has 1 aromatic carbocycles. The Morgan fingerprint density at radius 1 is 1.21 bits per heavy atom. The van der Waals surface area contributed by atoms with E-state index in [1.54, 1.807) is 12.3 Å². The van der Waals surface area contributed by atoms with Gasteiger partial charge in [0.15, 0.2) is 0 Å². The summed E-state index contributed by atoms with van der Waals surface area (Å²) >= 11 is 0. The number of carbonyl (C=O) groups excluding carboxylic acids is 1. The van der Waals surface area contributed by atoms with Gasteiger partial charge in [0.25, 0.3) is 5.91 Å². The molecule has 3 rings (SSSR count). The van der Waals surface area contributed by atoms with Crippen molar-refractivity contribution >= 4 is 27.4 Å². The summed E-state index contributed by atoms with van der Waals surface area (Å²) in [6.45, 7) is 2.87. The Morgan fingerprint density at radius 2 is 1.93 bits per heavy atom. The maximum atomic E-state index is 12.6. The Hall–Kier alpha value is -2.69. The highest BCUT2D eigenvalue weighted by Crippen LogP contribution is 2.27. The van der Waals surface area contributed by atoms with E-state index in [4.69, 9.17) is 9.47 Å². The fraction of sp³-hybridized carbons (Fsp3) is 0.368. The normalized spacial score (nSPS) is 14.7. The van der Waals surface area contributed by atoms with E-state index in [9.17, 15) is 13.2 Å². The van der Waals surface area contributed by atoms with Crippen molar-refractivity contribution in [2.24, 2.45) is 0 Å². The lowest BCUT2D eigenvalue weighted by Crippen LogP contribution is -2.36. The molecule has 0 aliphatic carbocycles. The number of hydrogen-bond donors (Lipinski definition) is 1. The maximum Gasteiger partial charge on any atom is 0.255 e. The van der Waals surface area contributed by atoms with E-state index in [-0.39, 0.29) is 16.2 Å². The molecule has 1 aliphatic heterocycles. The molecule has 0 radical (unpaired) electrons. The number of nitrogens with one attached hydrogen (secondary N) is 1. The Labute approximate surface area is 170 Å². The van der Waals surface area contributed by atoms with Crippen LogP contribution >= 0.6 is 0 Å². The van der Waals surface area contributed by atoms with Crippen LogP contribution in [0.5, 0.6) is 5.75 Å². The number of morpholine rings is 1. The zero-order chi connectivity index (χ0) is 21.0. The highest BCUT2D eigenvalue weighted by Gasteiger charge is 2.24. The summed E-state index contributed by atoms with van der Waals surface area (Å²) in [4.78, 5) is 19.1. The lowest BCUT2D eigenvalue weighted by Gasteiger charge is -2.27. The standard InChI is InChI=1S/C19H24N4O5S/c1-22(2)29(25,26)17-12-14(4-6-16(17)27-3)19(24)21-15-5-7-18(20-13-15)23-8-10-28-11-9-23/h4-7,12-13H,8-11H2,1-3H3,(H,21,24). The van der Waals surface area contributed by atoms with Crippen LogP contribution < -0.4 is 15.0 Å². The number of nitrogens with zero attached hydrogens (tertiary/aromatic N) is 3. The van der Waals surface area contributed by atoms with E-state index in [1.165, 1.54) is 39.4 Å². The summed E-state index contributed by atoms with van der Waals surface area (Å²) in [6.07, 6.45) is 1.57. The van der Waals surface area contributed by atoms with E-state index in [0.717, 1.165) is 23.2 Å². The van der Waals surface area contributed by atoms with Gasteiger partial charge in [-0.2, -0.15) is 0 Å². The second-order valence-electron chi connectivity index (χ2n) is 6.61. The molecule has 0 unspecified atom stereocenters. The van der Waals surface area contributed by atoms with Crippen molar-refractivity contribution in [1.29, 1.82) is 0 Å². The van der Waals surface area contributed by atoms with E-state index >= 15 is 0 Å². The molecule has 1 amide bonds. The van der Waals surface area contributed by atoms with Crippen molar-refractivity contribution in [3.63, 3.8) is 0 Å². The molecular weight excluding hydrogens is 396 g/mol. The number of amides is 1. The van der Waals surface area contributed by atoms with Gasteiger partial charge in [-0.05, 0) is 30.3 Å². The first-order valence-electron chi connectivity index (χ1n) is 9.03. The molecule has 10 heteroatoms. The molecule has 0 atom stereocenters. The summed E-state index contributed by atoms with van der Waals surface area (Å²) in [7, 11) is 0.454. The highest BCUT2D eigenvalue weighted by atomic mass is 32.2. The predicted octanol–water partition coefficient (Wildman–Crippen LogP) is 1.43. The van der Waals surface area contributed by atoms with Crippen molar-refractivity contribution in [1.82, 2.24) is 9.29 Å². The number of rotatable bonds is 6. The number of hydrogen-bond acceptors (Lipinski definition) is 7. The van der Waals surface area contributed by atoms with Crippen LogP contribution in [0.4, 0.5) is 11.5 Å². The minimum absolute atomic E-state index is 0.0709. The molecule has 1 aliphatic rings. The fourth-order valence-electron chi connectivity index (χ4n) is 2.86. The van der Waals surface area contributed by atoms with Crippen LogP contribution in [0.1, 0.15) is 10.4 Å². The molecule has 0 spiro atoms. The highest BCUT2D eigenvalue weighted by molar-refractivity contribution is 7.89. The first kappa shape index (κ1) is 21.0. The lowest BCUT2D eigenvalue weighted by molar-refractivity contribution is 0.102. The number of aromatic nitrogens is 1. The van der Waals surface area contributed by atoms with Gasteiger partial charge in [0.2, 0.25) is 10.0 Å². The number of pyridine rings is 1. The van der Waals surface area contributed by atoms with Gasteiger partial charge in [-0.25, -0.2) is 17.7 Å². The first-order chi connectivity index (χ1) is 13.8. The topological polar surface area (TPSA) is 101 Å². The number of methoxy groups -OCH3 is 1. The van der Waals surface area contributed by atoms with Gasteiger partial charge in [-0.15, -0.1) is 0 Å². The molecule has 2 aromatic rings. The van der Waals surface area contributed by atoms with Crippen molar-refractivity contribution in [2.45, 2.75) is 4.90 Å². The number of anilines is 2. The first-order valence-corrected chi connectivity index (χ1v) is 10.5. The van der Waals surface area contributed by atoms with Crippen LogP contribution in [0.3, 0.4) is 0 Å². The summed E-state index contributed by atoms with van der Waals surface area (Å²) in [5, 5.41) is 2.74. The molecule has 1 aromatic heterocycles. The third-order valence-corrected chi connectivity index (χ3v) is 6.36. The van der Waals surface area contributed by atoms with Crippen molar-refractivity contribution in [2.75, 3.05) is 57.7 Å². The third-order valence-electron chi connectivity index (χ3n) is 4.53. The molecule has 9 nitrogen and oxygen atoms in total. The van der Waals surface area contributed by atoms with Crippen molar-refractivity contribution < 1.29 is 22.7 Å². The quantitative estimate of drug-likeness (QED) is 0.754. The Morgan fingerprint density at radius 3 is 2.52 bits per heavy atom. The van der Waals surface area contributed by atoms with Crippen LogP contribution in [0.15, 0.2) is 41.4 Å². The van der Waals surface area contributed by atoms with Crippen molar-refractivity contribution in [3.05, 3.63) is 42.1 Å². The van der Waals surface area contributed by atoms with Gasteiger partial charge in [0, 0.05) is 32.7 Å². The van der Waals surface area contributed by atoms with Crippen LogP contribution in [0.25, 0.3) is 0 Å². The molecular formula is C19H24N4O5S. The minimum atomic E-state index is -3.77. The molecule has 1 fully saturated rings. The van der Waals surface area contributed by atoms with Crippen LogP contribution in [-0.2, 0) is 14.8 Å². The van der Waals surface area contributed by atoms with Crippen molar-refractivity contribution in [3.8, 4) is 5.75 Å². The molecule has 1 N–H and O–H groups in total. The second-order valence-corrected chi connectivity index (χ2v) is 8.73. The second kappa shape index (κ2) is 8.76. The smallest absolute Gasteiger partial charge is 0.255 e. The summed E-state index contributed by atoms with van der Waals surface area (Å²) in [5.74, 6) is 0.547. The Balaban J connectivity index is 1.78. The number of benzene rings is 1. The van der Waals surface area contributed by atoms with Gasteiger partial charge in [0.1, 0.15) is 16.5 Å². The van der Waals surface area contributed by atoms with Crippen LogP contribution in [0.2, 0.25) is 0 Å². The van der Waals surface area contributed by atoms with Crippen LogP contribution in [-0.4, -0.2) is 71.1 Å². The third kappa shape index (κ3) is 4.66. The molecule has 1 saturated heterocycles. The van der Waals surface area contributed by atoms with E-state index in [0.29, 0.717) is 18.9 Å². The van der Waals surface area contributed by atoms with E-state index in [1.807, 2.05) is 6.07 Å². The molecule has 0 bridgehead atoms. The fourth-order valence-corrected chi connectivity index (χ4v) is 3.93. The van der Waals surface area contributed by atoms with Gasteiger partial charge in [-0.1, -0.05) is 0 Å². The summed E-state index contributed by atoms with van der Waals surface area (Å²) in [5.41, 5.74) is 0.711. The number of sulfonamides is 1. The van der Waals surface area contributed by atoms with Crippen LogP contribution in [0, 0.1) is 0 Å². The van der Waals surface area contributed by atoms with Gasteiger partial charge in [-0.3, -0.25) is 4.79 Å². The molecule has 29 heavy (non-hydrogen) atoms. The van der Waals surface area contributed by atoms with Gasteiger partial charge >= 0.3 is 0 Å². The average Bonchev–Trinajstić information content (AvgIpc) is 2.74. The van der Waals surface area contributed by atoms with Gasteiger partial charge < -0.3 is 19.7 Å². The average molecular weight is 420 g/mol. The van der Waals surface area contributed by atoms with E-state index < -0.39 is 15.9 Å². The van der Waals surface area contributed by atoms with Gasteiger partial charge in [0.05, 0.1) is 32.2 Å². The molecule has 156 valence electrons. The van der Waals surface area contributed by atoms with E-state index in [2.05, 4.69) is 15.2 Å². The summed E-state index contributed by atoms with van der Waals surface area (Å²) < 4.78 is 36.6. The summed E-state index contributed by atoms with van der Waals surface area (Å²) in [6, 6.07) is 7.87. The Bertz CT molecular complexity index is 971. The lowest BCUT2D eigenvalue weighted by atomic mass is 10.2.